The molecule has 1 aliphatic rings. The molecule has 3 aromatic heterocycles. The zero-order valence-electron chi connectivity index (χ0n) is 21.4. The molecule has 1 amide bonds. The smallest absolute Gasteiger partial charge is 0.219 e. The number of amides is 1. The molecule has 1 saturated carbocycles. The number of H-pyrrole nitrogens is 1. The Hall–Kier alpha value is -2.70. The van der Waals surface area contributed by atoms with Crippen molar-refractivity contribution >= 4 is 16.9 Å². The molecule has 3 N–H and O–H groups in total. The number of nitrogens with two attached hydrogens (primary N) is 1. The minimum Gasteiger partial charge on any atom is -0.370 e. The van der Waals surface area contributed by atoms with E-state index in [1.807, 2.05) is 0 Å². The summed E-state index contributed by atoms with van der Waals surface area (Å²) in [7, 11) is 0. The van der Waals surface area contributed by atoms with Crippen LogP contribution in [0.2, 0.25) is 0 Å². The van der Waals surface area contributed by atoms with Gasteiger partial charge in [0.2, 0.25) is 5.91 Å². The second kappa shape index (κ2) is 6.07. The number of fused-ring (bicyclic) bond motifs is 1. The van der Waals surface area contributed by atoms with E-state index >= 15 is 0 Å². The van der Waals surface area contributed by atoms with Crippen LogP contribution in [0.3, 0.4) is 0 Å². The van der Waals surface area contributed by atoms with E-state index in [-0.39, 0.29) is 0 Å². The number of carbonyl (C=O) groups excluding carboxylic acids is 1. The van der Waals surface area contributed by atoms with E-state index in [0.717, 1.165) is 4.68 Å². The molecule has 0 spiro atoms. The molecule has 0 aliphatic heterocycles. The first-order valence-corrected chi connectivity index (χ1v) is 7.22. The molecule has 4 rings (SSSR count). The van der Waals surface area contributed by atoms with Gasteiger partial charge in [-0.1, -0.05) is 12.7 Å². The number of primary amides is 1. The normalized spacial score (nSPS) is 31.9. The molecule has 3 aromatic rings. The maximum absolute atomic E-state index is 11.9. The molecule has 124 valence electrons. The van der Waals surface area contributed by atoms with Gasteiger partial charge in [0.25, 0.3) is 0 Å². The first-order valence-electron chi connectivity index (χ1n) is 11.7. The highest BCUT2D eigenvalue weighted by Gasteiger charge is 2.28. The Morgan fingerprint density at radius 2 is 2.33 bits per heavy atom. The standard InChI is InChI=1S/C17H20N6O/c18-15(24)7-14(11-3-1-2-4-11)23-9-12(8-22-23)16-13-5-6-19-17(13)21-10-20-16/h5-6,8-11,14H,1-4,7H2,(H2,18,24)(H,19,20,21)/t14-/m1/s1/i1D2,2D2,3D2,4D2,11D. The van der Waals surface area contributed by atoms with E-state index in [1.54, 1.807) is 12.3 Å². The summed E-state index contributed by atoms with van der Waals surface area (Å²) in [5, 5.41) is 4.72. The second-order valence-corrected chi connectivity index (χ2v) is 5.27. The van der Waals surface area contributed by atoms with Crippen LogP contribution in [0.5, 0.6) is 0 Å². The van der Waals surface area contributed by atoms with E-state index in [2.05, 4.69) is 20.1 Å². The van der Waals surface area contributed by atoms with Gasteiger partial charge in [0, 0.05) is 42.1 Å². The van der Waals surface area contributed by atoms with E-state index in [9.17, 15) is 4.79 Å². The number of rotatable bonds is 5. The fraction of sp³-hybridized carbons (Fsp3) is 0.412. The first kappa shape index (κ1) is 7.92. The second-order valence-electron chi connectivity index (χ2n) is 5.27. The number of aromatic nitrogens is 5. The summed E-state index contributed by atoms with van der Waals surface area (Å²) in [6.07, 6.45) is -8.75. The van der Waals surface area contributed by atoms with Gasteiger partial charge in [0.05, 0.1) is 17.9 Å². The predicted molar refractivity (Wildman–Crippen MR) is 89.9 cm³/mol. The van der Waals surface area contributed by atoms with Crippen molar-refractivity contribution in [2.45, 2.75) is 38.0 Å². The predicted octanol–water partition coefficient (Wildman–Crippen LogP) is 2.43. The highest BCUT2D eigenvalue weighted by atomic mass is 16.1. The van der Waals surface area contributed by atoms with Crippen LogP contribution in [0.1, 0.15) is 50.3 Å². The van der Waals surface area contributed by atoms with Crippen molar-refractivity contribution in [1.82, 2.24) is 24.7 Å². The Labute approximate surface area is 151 Å². The van der Waals surface area contributed by atoms with Crippen molar-refractivity contribution in [1.29, 1.82) is 0 Å². The van der Waals surface area contributed by atoms with Crippen LogP contribution in [-0.2, 0) is 4.79 Å². The molecule has 3 heterocycles. The van der Waals surface area contributed by atoms with E-state index in [4.69, 9.17) is 18.1 Å². The van der Waals surface area contributed by atoms with Gasteiger partial charge in [0.1, 0.15) is 12.0 Å². The van der Waals surface area contributed by atoms with Gasteiger partial charge in [0.15, 0.2) is 0 Å². The summed E-state index contributed by atoms with van der Waals surface area (Å²) in [6, 6.07) is -0.0587. The number of aromatic amines is 1. The van der Waals surface area contributed by atoms with E-state index < -0.39 is 49.8 Å². The van der Waals surface area contributed by atoms with Crippen molar-refractivity contribution in [2.24, 2.45) is 11.6 Å². The fourth-order valence-corrected chi connectivity index (χ4v) is 2.65. The number of nitrogens with zero attached hydrogens (tertiary/aromatic N) is 4. The Balaban J connectivity index is 1.90. The summed E-state index contributed by atoms with van der Waals surface area (Å²) in [5.74, 6) is -4.14. The van der Waals surface area contributed by atoms with Crippen LogP contribution < -0.4 is 5.73 Å². The van der Waals surface area contributed by atoms with Gasteiger partial charge in [-0.05, 0) is 24.7 Å². The van der Waals surface area contributed by atoms with Crippen LogP contribution in [0, 0.1) is 5.89 Å². The van der Waals surface area contributed by atoms with E-state index in [1.165, 1.54) is 18.7 Å². The Bertz CT molecular complexity index is 1210. The third-order valence-corrected chi connectivity index (χ3v) is 3.73. The average Bonchev–Trinajstić information content (AvgIpc) is 3.40. The number of hydrogen-bond donors (Lipinski definition) is 2. The summed E-state index contributed by atoms with van der Waals surface area (Å²) < 4.78 is 75.4. The highest BCUT2D eigenvalue weighted by Crippen LogP contribution is 2.36. The highest BCUT2D eigenvalue weighted by molar-refractivity contribution is 5.90. The minimum absolute atomic E-state index is 0.380. The van der Waals surface area contributed by atoms with Crippen LogP contribution in [0.25, 0.3) is 22.3 Å². The van der Waals surface area contributed by atoms with Gasteiger partial charge in [-0.25, -0.2) is 9.97 Å². The minimum atomic E-state index is -3.40. The van der Waals surface area contributed by atoms with E-state index in [0.29, 0.717) is 22.3 Å². The number of nitrogens with one attached hydrogen (secondary N) is 1. The molecule has 24 heavy (non-hydrogen) atoms. The van der Waals surface area contributed by atoms with Gasteiger partial charge in [-0.15, -0.1) is 0 Å². The van der Waals surface area contributed by atoms with Crippen molar-refractivity contribution in [2.75, 3.05) is 0 Å². The summed E-state index contributed by atoms with van der Waals surface area (Å²) in [5.41, 5.74) is 6.66. The van der Waals surface area contributed by atoms with Crippen LogP contribution >= 0.6 is 0 Å². The quantitative estimate of drug-likeness (QED) is 0.748. The maximum atomic E-state index is 11.9. The lowest BCUT2D eigenvalue weighted by atomic mass is 9.95. The zero-order valence-corrected chi connectivity index (χ0v) is 12.4. The monoisotopic (exact) mass is 333 g/mol. The van der Waals surface area contributed by atoms with Crippen molar-refractivity contribution < 1.29 is 17.1 Å². The maximum Gasteiger partial charge on any atom is 0.219 e. The largest absolute Gasteiger partial charge is 0.370 e. The van der Waals surface area contributed by atoms with Gasteiger partial charge in [-0.3, -0.25) is 9.48 Å². The Morgan fingerprint density at radius 1 is 1.50 bits per heavy atom. The van der Waals surface area contributed by atoms with Crippen LogP contribution in [0.4, 0.5) is 0 Å². The van der Waals surface area contributed by atoms with Crippen LogP contribution in [0.15, 0.2) is 31.0 Å². The molecule has 0 unspecified atom stereocenters. The molecule has 0 radical (unpaired) electrons. The van der Waals surface area contributed by atoms with Crippen LogP contribution in [-0.4, -0.2) is 30.6 Å². The van der Waals surface area contributed by atoms with Gasteiger partial charge >= 0.3 is 0 Å². The average molecular weight is 333 g/mol. The molecule has 1 atom stereocenters. The molecular weight excluding hydrogens is 304 g/mol. The molecule has 0 aromatic carbocycles. The zero-order chi connectivity index (χ0) is 24.6. The van der Waals surface area contributed by atoms with Crippen molar-refractivity contribution in [3.8, 4) is 11.3 Å². The third-order valence-electron chi connectivity index (χ3n) is 3.73. The SMILES string of the molecule is [2H]C1([2H])C([2H])([2H])C([2H])([2H])C([2H])([C@@H](CC(N)=O)n2cc(-c3ncnc4[nH]ccc34)cn2)C1([2H])[2H]. The molecule has 0 bridgehead atoms. The molecule has 7 heteroatoms. The molecular formula is C17H20N6O. The lowest BCUT2D eigenvalue weighted by Crippen LogP contribution is -2.24. The van der Waals surface area contributed by atoms with Gasteiger partial charge in [-0.2, -0.15) is 5.10 Å². The molecule has 7 nitrogen and oxygen atoms in total. The van der Waals surface area contributed by atoms with Crippen molar-refractivity contribution in [3.05, 3.63) is 31.0 Å². The summed E-state index contributed by atoms with van der Waals surface area (Å²) in [4.78, 5) is 23.1. The fourth-order valence-electron chi connectivity index (χ4n) is 2.65. The number of carbonyl (C=O) groups is 1. The third kappa shape index (κ3) is 2.66. The Morgan fingerprint density at radius 3 is 3.12 bits per heavy atom. The molecule has 1 aliphatic carbocycles. The lowest BCUT2D eigenvalue weighted by molar-refractivity contribution is -0.119. The Kier molecular flexibility index (Phi) is 2.00. The summed E-state index contributed by atoms with van der Waals surface area (Å²) >= 11 is 0. The molecule has 0 saturated heterocycles. The molecule has 1 fully saturated rings. The summed E-state index contributed by atoms with van der Waals surface area (Å²) in [6.45, 7) is 0. The topological polar surface area (TPSA) is 102 Å². The van der Waals surface area contributed by atoms with Crippen molar-refractivity contribution in [3.63, 3.8) is 0 Å². The first-order chi connectivity index (χ1) is 15.1. The number of hydrogen-bond acceptors (Lipinski definition) is 4. The van der Waals surface area contributed by atoms with Gasteiger partial charge < -0.3 is 10.7 Å². The lowest BCUT2D eigenvalue weighted by Gasteiger charge is -2.22.